The Balaban J connectivity index is 2.17. The second-order valence-electron chi connectivity index (χ2n) is 6.29. The molecule has 1 amide bonds. The third-order valence-electron chi connectivity index (χ3n) is 4.02. The molecule has 1 aromatic rings. The number of anilines is 1. The second-order valence-corrected chi connectivity index (χ2v) is 7.60. The van der Waals surface area contributed by atoms with Crippen molar-refractivity contribution in [2.75, 3.05) is 11.1 Å². The van der Waals surface area contributed by atoms with E-state index in [2.05, 4.69) is 12.2 Å². The molecular formula is C20H31NO3S. The van der Waals surface area contributed by atoms with Crippen molar-refractivity contribution in [3.63, 3.8) is 0 Å². The number of hydrogen-bond donors (Lipinski definition) is 2. The number of hydrogen-bond acceptors (Lipinski definition) is 3. The molecule has 140 valence electrons. The summed E-state index contributed by atoms with van der Waals surface area (Å²) in [4.78, 5) is 23.4. The van der Waals surface area contributed by atoms with Crippen LogP contribution in [0.3, 0.4) is 0 Å². The maximum atomic E-state index is 12.0. The largest absolute Gasteiger partial charge is 0.480 e. The Morgan fingerprint density at radius 3 is 2.20 bits per heavy atom. The first-order valence-corrected chi connectivity index (χ1v) is 10.4. The first-order chi connectivity index (χ1) is 12.1. The van der Waals surface area contributed by atoms with Crippen molar-refractivity contribution in [1.29, 1.82) is 0 Å². The number of carboxylic acid groups (broad SMARTS) is 1. The van der Waals surface area contributed by atoms with Crippen LogP contribution in [0.2, 0.25) is 0 Å². The van der Waals surface area contributed by atoms with Gasteiger partial charge in [-0.25, -0.2) is 0 Å². The van der Waals surface area contributed by atoms with Gasteiger partial charge in [-0.1, -0.05) is 70.1 Å². The van der Waals surface area contributed by atoms with E-state index in [4.69, 9.17) is 0 Å². The number of carboxylic acids is 1. The highest BCUT2D eigenvalue weighted by atomic mass is 32.2. The predicted molar refractivity (Wildman–Crippen MR) is 106 cm³/mol. The maximum absolute atomic E-state index is 12.0. The van der Waals surface area contributed by atoms with Gasteiger partial charge in [-0.05, 0) is 24.3 Å². The molecule has 2 N–H and O–H groups in total. The summed E-state index contributed by atoms with van der Waals surface area (Å²) in [6.07, 6.45) is 9.87. The van der Waals surface area contributed by atoms with Crippen molar-refractivity contribution in [2.24, 2.45) is 0 Å². The number of unbranched alkanes of at least 4 members (excludes halogenated alkanes) is 7. The molecule has 0 aliphatic carbocycles. The number of para-hydroxylation sites is 1. The summed E-state index contributed by atoms with van der Waals surface area (Å²) in [5, 5.41) is 11.4. The smallest absolute Gasteiger partial charge is 0.317 e. The maximum Gasteiger partial charge on any atom is 0.317 e. The van der Waals surface area contributed by atoms with Crippen molar-refractivity contribution in [3.8, 4) is 0 Å². The van der Waals surface area contributed by atoms with Gasteiger partial charge in [0, 0.05) is 12.1 Å². The van der Waals surface area contributed by atoms with Crippen molar-refractivity contribution in [3.05, 3.63) is 30.3 Å². The average Bonchev–Trinajstić information content (AvgIpc) is 2.60. The van der Waals surface area contributed by atoms with Crippen LogP contribution in [0.4, 0.5) is 5.69 Å². The van der Waals surface area contributed by atoms with E-state index < -0.39 is 11.2 Å². The first-order valence-electron chi connectivity index (χ1n) is 9.32. The number of carbonyl (C=O) groups is 2. The summed E-state index contributed by atoms with van der Waals surface area (Å²) < 4.78 is 0. The fraction of sp³-hybridized carbons (Fsp3) is 0.600. The van der Waals surface area contributed by atoms with Crippen LogP contribution in [0.5, 0.6) is 0 Å². The fourth-order valence-corrected chi connectivity index (χ4v) is 3.65. The predicted octanol–water partition coefficient (Wildman–Crippen LogP) is 5.34. The lowest BCUT2D eigenvalue weighted by Crippen LogP contribution is -2.24. The number of nitrogens with one attached hydrogen (secondary N) is 1. The molecule has 0 aliphatic rings. The average molecular weight is 366 g/mol. The zero-order valence-electron chi connectivity index (χ0n) is 15.2. The number of rotatable bonds is 14. The van der Waals surface area contributed by atoms with E-state index in [1.807, 2.05) is 18.2 Å². The Morgan fingerprint density at radius 2 is 1.60 bits per heavy atom. The Morgan fingerprint density at radius 1 is 1.00 bits per heavy atom. The van der Waals surface area contributed by atoms with Crippen molar-refractivity contribution < 1.29 is 14.7 Å². The number of benzene rings is 1. The van der Waals surface area contributed by atoms with E-state index >= 15 is 0 Å². The van der Waals surface area contributed by atoms with Gasteiger partial charge < -0.3 is 10.4 Å². The minimum Gasteiger partial charge on any atom is -0.480 e. The zero-order valence-corrected chi connectivity index (χ0v) is 16.0. The van der Waals surface area contributed by atoms with Crippen LogP contribution < -0.4 is 5.32 Å². The van der Waals surface area contributed by atoms with Crippen molar-refractivity contribution in [2.45, 2.75) is 70.0 Å². The first kappa shape index (κ1) is 21.6. The molecule has 0 saturated carbocycles. The molecule has 25 heavy (non-hydrogen) atoms. The molecule has 4 nitrogen and oxygen atoms in total. The van der Waals surface area contributed by atoms with Gasteiger partial charge in [0.25, 0.3) is 0 Å². The van der Waals surface area contributed by atoms with Crippen LogP contribution in [-0.4, -0.2) is 28.0 Å². The fourth-order valence-electron chi connectivity index (χ4n) is 2.58. The monoisotopic (exact) mass is 365 g/mol. The van der Waals surface area contributed by atoms with Gasteiger partial charge in [0.1, 0.15) is 5.25 Å². The lowest BCUT2D eigenvalue weighted by Gasteiger charge is -2.12. The molecule has 0 bridgehead atoms. The standard InChI is InChI=1S/C20H31NO3S/c1-2-3-4-5-6-7-8-12-15-25-18(20(23)24)16-19(22)21-17-13-10-9-11-14-17/h9-11,13-14,18H,2-8,12,15-16H2,1H3,(H,21,22)(H,23,24). The highest BCUT2D eigenvalue weighted by Gasteiger charge is 2.21. The molecule has 1 aromatic carbocycles. The van der Waals surface area contributed by atoms with Gasteiger partial charge in [0.15, 0.2) is 0 Å². The highest BCUT2D eigenvalue weighted by molar-refractivity contribution is 8.00. The van der Waals surface area contributed by atoms with Gasteiger partial charge in [-0.2, -0.15) is 0 Å². The Bertz CT molecular complexity index is 493. The summed E-state index contributed by atoms with van der Waals surface area (Å²) in [5.74, 6) is -0.361. The van der Waals surface area contributed by atoms with E-state index in [9.17, 15) is 14.7 Å². The summed E-state index contributed by atoms with van der Waals surface area (Å²) >= 11 is 1.38. The zero-order chi connectivity index (χ0) is 18.3. The van der Waals surface area contributed by atoms with Crippen LogP contribution in [0.1, 0.15) is 64.7 Å². The molecule has 0 heterocycles. The second kappa shape index (κ2) is 13.8. The quantitative estimate of drug-likeness (QED) is 0.437. The third kappa shape index (κ3) is 10.9. The molecule has 1 atom stereocenters. The van der Waals surface area contributed by atoms with E-state index in [1.165, 1.54) is 50.3 Å². The summed E-state index contributed by atoms with van der Waals surface area (Å²) in [6, 6.07) is 9.13. The molecule has 5 heteroatoms. The van der Waals surface area contributed by atoms with Crippen LogP contribution in [0.15, 0.2) is 30.3 Å². The molecule has 0 saturated heterocycles. The van der Waals surface area contributed by atoms with Crippen LogP contribution >= 0.6 is 11.8 Å². The Hall–Kier alpha value is -1.49. The van der Waals surface area contributed by atoms with E-state index in [0.29, 0.717) is 5.69 Å². The lowest BCUT2D eigenvalue weighted by atomic mass is 10.1. The summed E-state index contributed by atoms with van der Waals surface area (Å²) in [5.41, 5.74) is 0.699. The number of carbonyl (C=O) groups excluding carboxylic acids is 1. The van der Waals surface area contributed by atoms with Gasteiger partial charge in [0.05, 0.1) is 0 Å². The minimum absolute atomic E-state index is 0.00587. The summed E-state index contributed by atoms with van der Waals surface area (Å²) in [6.45, 7) is 2.22. The number of amides is 1. The van der Waals surface area contributed by atoms with Gasteiger partial charge in [-0.3, -0.25) is 9.59 Å². The van der Waals surface area contributed by atoms with E-state index in [1.54, 1.807) is 12.1 Å². The molecule has 0 aliphatic heterocycles. The Kier molecular flexibility index (Phi) is 11.9. The summed E-state index contributed by atoms with van der Waals surface area (Å²) in [7, 11) is 0. The lowest BCUT2D eigenvalue weighted by molar-refractivity contribution is -0.137. The Labute approximate surface area is 155 Å². The number of thioether (sulfide) groups is 1. The van der Waals surface area contributed by atoms with Crippen molar-refractivity contribution >= 4 is 29.3 Å². The molecular weight excluding hydrogens is 334 g/mol. The van der Waals surface area contributed by atoms with E-state index in [-0.39, 0.29) is 12.3 Å². The van der Waals surface area contributed by atoms with Gasteiger partial charge in [-0.15, -0.1) is 11.8 Å². The SMILES string of the molecule is CCCCCCCCCCSC(CC(=O)Nc1ccccc1)C(=O)O. The molecule has 0 fully saturated rings. The van der Waals surface area contributed by atoms with Gasteiger partial charge >= 0.3 is 5.97 Å². The highest BCUT2D eigenvalue weighted by Crippen LogP contribution is 2.19. The third-order valence-corrected chi connectivity index (χ3v) is 5.32. The molecule has 0 spiro atoms. The van der Waals surface area contributed by atoms with Gasteiger partial charge in [0.2, 0.25) is 5.91 Å². The molecule has 1 rings (SSSR count). The minimum atomic E-state index is -0.909. The topological polar surface area (TPSA) is 66.4 Å². The molecule has 0 radical (unpaired) electrons. The van der Waals surface area contributed by atoms with Crippen LogP contribution in [0, 0.1) is 0 Å². The van der Waals surface area contributed by atoms with Crippen molar-refractivity contribution in [1.82, 2.24) is 0 Å². The normalized spacial score (nSPS) is 11.9. The van der Waals surface area contributed by atoms with E-state index in [0.717, 1.165) is 18.6 Å². The molecule has 0 aromatic heterocycles. The molecule has 1 unspecified atom stereocenters. The van der Waals surface area contributed by atoms with Crippen LogP contribution in [-0.2, 0) is 9.59 Å². The van der Waals surface area contributed by atoms with Crippen LogP contribution in [0.25, 0.3) is 0 Å². The number of aliphatic carboxylic acids is 1.